The molecule has 1 N–H and O–H groups in total. The normalized spacial score (nSPS) is 17.1. The molecule has 1 aliphatic rings. The zero-order chi connectivity index (χ0) is 14.9. The van der Waals surface area contributed by atoms with E-state index in [1.165, 1.54) is 11.8 Å². The van der Waals surface area contributed by atoms with E-state index in [0.717, 1.165) is 16.1 Å². The molecule has 1 aliphatic heterocycles. The van der Waals surface area contributed by atoms with Crippen molar-refractivity contribution < 1.29 is 9.32 Å². The monoisotopic (exact) mass is 329 g/mol. The number of hydrogen-bond donors (Lipinski definition) is 1. The summed E-state index contributed by atoms with van der Waals surface area (Å²) >= 11 is 3.11. The number of thiophene rings is 1. The SMILES string of the molecule is O=C1Nc2ccccc2SC1Cc1nc(-c2ccsc2)no1. The summed E-state index contributed by atoms with van der Waals surface area (Å²) in [5, 5.41) is 10.6. The van der Waals surface area contributed by atoms with Crippen molar-refractivity contribution in [2.24, 2.45) is 0 Å². The van der Waals surface area contributed by atoms with Crippen LogP contribution in [0.4, 0.5) is 5.69 Å². The van der Waals surface area contributed by atoms with Crippen molar-refractivity contribution in [1.29, 1.82) is 0 Å². The molecule has 0 spiro atoms. The van der Waals surface area contributed by atoms with Crippen LogP contribution in [0.25, 0.3) is 11.4 Å². The number of thioether (sulfide) groups is 1. The van der Waals surface area contributed by atoms with Crippen molar-refractivity contribution in [2.75, 3.05) is 5.32 Å². The molecule has 1 unspecified atom stereocenters. The Bertz CT molecular complexity index is 814. The van der Waals surface area contributed by atoms with Gasteiger partial charge in [-0.3, -0.25) is 4.79 Å². The van der Waals surface area contributed by atoms with Gasteiger partial charge < -0.3 is 9.84 Å². The molecule has 1 amide bonds. The van der Waals surface area contributed by atoms with Crippen molar-refractivity contribution in [3.05, 3.63) is 47.0 Å². The van der Waals surface area contributed by atoms with Crippen LogP contribution in [0.5, 0.6) is 0 Å². The molecule has 22 heavy (non-hydrogen) atoms. The molecule has 4 rings (SSSR count). The number of rotatable bonds is 3. The van der Waals surface area contributed by atoms with Gasteiger partial charge in [-0.05, 0) is 23.6 Å². The summed E-state index contributed by atoms with van der Waals surface area (Å²) in [5.74, 6) is 1.02. The lowest BCUT2D eigenvalue weighted by Crippen LogP contribution is -2.30. The Morgan fingerprint density at radius 2 is 2.18 bits per heavy atom. The van der Waals surface area contributed by atoms with Gasteiger partial charge in [-0.1, -0.05) is 17.3 Å². The summed E-state index contributed by atoms with van der Waals surface area (Å²) in [6.45, 7) is 0. The Morgan fingerprint density at radius 1 is 1.27 bits per heavy atom. The quantitative estimate of drug-likeness (QED) is 0.797. The first-order chi connectivity index (χ1) is 10.8. The van der Waals surface area contributed by atoms with E-state index in [2.05, 4.69) is 15.5 Å². The standard InChI is InChI=1S/C15H11N3O2S2/c19-15-12(22-11-4-2-1-3-10(11)16-15)7-13-17-14(18-20-13)9-5-6-21-8-9/h1-6,8,12H,7H2,(H,16,19). The molecule has 110 valence electrons. The van der Waals surface area contributed by atoms with E-state index >= 15 is 0 Å². The number of anilines is 1. The molecular weight excluding hydrogens is 318 g/mol. The van der Waals surface area contributed by atoms with Crippen LogP contribution in [0.1, 0.15) is 5.89 Å². The fourth-order valence-corrected chi connectivity index (χ4v) is 3.97. The highest BCUT2D eigenvalue weighted by Crippen LogP contribution is 2.36. The van der Waals surface area contributed by atoms with Crippen LogP contribution < -0.4 is 5.32 Å². The number of aromatic nitrogens is 2. The Kier molecular flexibility index (Phi) is 3.44. The number of para-hydroxylation sites is 1. The van der Waals surface area contributed by atoms with Gasteiger partial charge in [-0.25, -0.2) is 0 Å². The number of carbonyl (C=O) groups excluding carboxylic acids is 1. The van der Waals surface area contributed by atoms with E-state index in [1.54, 1.807) is 11.3 Å². The highest BCUT2D eigenvalue weighted by Gasteiger charge is 2.28. The van der Waals surface area contributed by atoms with Crippen LogP contribution in [0.3, 0.4) is 0 Å². The molecule has 3 heterocycles. The second-order valence-electron chi connectivity index (χ2n) is 4.82. The van der Waals surface area contributed by atoms with Gasteiger partial charge in [0.05, 0.1) is 10.9 Å². The largest absolute Gasteiger partial charge is 0.339 e. The van der Waals surface area contributed by atoms with Gasteiger partial charge in [-0.2, -0.15) is 16.3 Å². The average molecular weight is 329 g/mol. The minimum absolute atomic E-state index is 0.0287. The summed E-state index contributed by atoms with van der Waals surface area (Å²) in [4.78, 5) is 17.6. The Morgan fingerprint density at radius 3 is 3.05 bits per heavy atom. The Balaban J connectivity index is 1.53. The van der Waals surface area contributed by atoms with Crippen molar-refractivity contribution in [2.45, 2.75) is 16.6 Å². The van der Waals surface area contributed by atoms with Crippen LogP contribution in [-0.2, 0) is 11.2 Å². The first kappa shape index (κ1) is 13.5. The minimum Gasteiger partial charge on any atom is -0.339 e. The number of carbonyl (C=O) groups is 1. The van der Waals surface area contributed by atoms with Gasteiger partial charge in [0.25, 0.3) is 0 Å². The maximum atomic E-state index is 12.2. The van der Waals surface area contributed by atoms with Crippen LogP contribution >= 0.6 is 23.1 Å². The predicted octanol–water partition coefficient (Wildman–Crippen LogP) is 3.45. The van der Waals surface area contributed by atoms with Gasteiger partial charge in [0.15, 0.2) is 0 Å². The number of nitrogens with zero attached hydrogens (tertiary/aromatic N) is 2. The van der Waals surface area contributed by atoms with Crippen molar-refractivity contribution in [1.82, 2.24) is 10.1 Å². The lowest BCUT2D eigenvalue weighted by atomic mass is 10.2. The first-order valence-electron chi connectivity index (χ1n) is 6.71. The molecule has 1 aromatic carbocycles. The van der Waals surface area contributed by atoms with Crippen LogP contribution in [0, 0.1) is 0 Å². The molecule has 2 aromatic heterocycles. The van der Waals surface area contributed by atoms with Gasteiger partial charge >= 0.3 is 0 Å². The Hall–Kier alpha value is -2.12. The summed E-state index contributed by atoms with van der Waals surface area (Å²) in [6.07, 6.45) is 0.419. The van der Waals surface area contributed by atoms with Crippen molar-refractivity contribution in [3.63, 3.8) is 0 Å². The van der Waals surface area contributed by atoms with E-state index in [4.69, 9.17) is 4.52 Å². The van der Waals surface area contributed by atoms with E-state index in [-0.39, 0.29) is 11.2 Å². The van der Waals surface area contributed by atoms with Gasteiger partial charge in [0.1, 0.15) is 0 Å². The highest BCUT2D eigenvalue weighted by molar-refractivity contribution is 8.01. The molecule has 0 saturated carbocycles. The van der Waals surface area contributed by atoms with Gasteiger partial charge in [0, 0.05) is 22.3 Å². The molecule has 7 heteroatoms. The zero-order valence-electron chi connectivity index (χ0n) is 11.4. The third kappa shape index (κ3) is 2.53. The molecule has 3 aromatic rings. The maximum absolute atomic E-state index is 12.2. The van der Waals surface area contributed by atoms with Gasteiger partial charge in [-0.15, -0.1) is 11.8 Å². The molecular formula is C15H11N3O2S2. The molecule has 0 radical (unpaired) electrons. The second kappa shape index (κ2) is 5.58. The minimum atomic E-state index is -0.259. The molecule has 0 bridgehead atoms. The summed E-state index contributed by atoms with van der Waals surface area (Å²) < 4.78 is 5.28. The summed E-state index contributed by atoms with van der Waals surface area (Å²) in [6, 6.07) is 9.71. The predicted molar refractivity (Wildman–Crippen MR) is 86.0 cm³/mol. The third-order valence-corrected chi connectivity index (χ3v) is 5.27. The van der Waals surface area contributed by atoms with Crippen LogP contribution in [0.2, 0.25) is 0 Å². The second-order valence-corrected chi connectivity index (χ2v) is 6.84. The molecule has 5 nitrogen and oxygen atoms in total. The molecule has 0 saturated heterocycles. The number of hydrogen-bond acceptors (Lipinski definition) is 6. The van der Waals surface area contributed by atoms with Crippen LogP contribution in [-0.4, -0.2) is 21.3 Å². The first-order valence-corrected chi connectivity index (χ1v) is 8.53. The summed E-state index contributed by atoms with van der Waals surface area (Å²) in [5.41, 5.74) is 1.80. The van der Waals surface area contributed by atoms with Crippen LogP contribution in [0.15, 0.2) is 50.5 Å². The fourth-order valence-electron chi connectivity index (χ4n) is 2.23. The van der Waals surface area contributed by atoms with E-state index < -0.39 is 0 Å². The molecule has 0 fully saturated rings. The van der Waals surface area contributed by atoms with E-state index in [1.807, 2.05) is 41.1 Å². The number of amides is 1. The number of nitrogens with one attached hydrogen (secondary N) is 1. The maximum Gasteiger partial charge on any atom is 0.238 e. The van der Waals surface area contributed by atoms with Crippen molar-refractivity contribution >= 4 is 34.7 Å². The van der Waals surface area contributed by atoms with E-state index in [0.29, 0.717) is 18.1 Å². The summed E-state index contributed by atoms with van der Waals surface area (Å²) in [7, 11) is 0. The average Bonchev–Trinajstić information content (AvgIpc) is 3.18. The number of benzene rings is 1. The topological polar surface area (TPSA) is 68.0 Å². The smallest absolute Gasteiger partial charge is 0.238 e. The molecule has 1 atom stereocenters. The van der Waals surface area contributed by atoms with Gasteiger partial charge in [0.2, 0.25) is 17.6 Å². The lowest BCUT2D eigenvalue weighted by Gasteiger charge is -2.22. The van der Waals surface area contributed by atoms with Crippen molar-refractivity contribution in [3.8, 4) is 11.4 Å². The number of fused-ring (bicyclic) bond motifs is 1. The fraction of sp³-hybridized carbons (Fsp3) is 0.133. The van der Waals surface area contributed by atoms with E-state index in [9.17, 15) is 4.79 Å². The highest BCUT2D eigenvalue weighted by atomic mass is 32.2. The third-order valence-electron chi connectivity index (χ3n) is 3.31. The lowest BCUT2D eigenvalue weighted by molar-refractivity contribution is -0.115. The molecule has 0 aliphatic carbocycles. The Labute approximate surface area is 134 Å². The zero-order valence-corrected chi connectivity index (χ0v) is 13.0.